The summed E-state index contributed by atoms with van der Waals surface area (Å²) in [7, 11) is 0. The third-order valence-corrected chi connectivity index (χ3v) is 12.6. The highest BCUT2D eigenvalue weighted by molar-refractivity contribution is 7.03. The van der Waals surface area contributed by atoms with Crippen molar-refractivity contribution in [3.63, 3.8) is 0 Å². The predicted octanol–water partition coefficient (Wildman–Crippen LogP) is 7.39. The molecule has 12 rings (SSSR count). The molecule has 8 aromatic rings. The van der Waals surface area contributed by atoms with Crippen molar-refractivity contribution in [1.29, 1.82) is 0 Å². The minimum Gasteiger partial charge on any atom is -0.0661 e. The SMILES string of the molecule is Cc1ccc2c(c1)-c1cc(C)cc3c1B2c1cc2c(C)cc4c5c(cc6c(C)cc-3c1c6c25)B1c2ccc(C)cc2-c2cc(C)cc-4c21. The van der Waals surface area contributed by atoms with Gasteiger partial charge in [-0.15, -0.1) is 0 Å². The van der Waals surface area contributed by atoms with Crippen molar-refractivity contribution < 1.29 is 0 Å². The van der Waals surface area contributed by atoms with Gasteiger partial charge < -0.3 is 0 Å². The number of benzene rings is 8. The zero-order chi connectivity index (χ0) is 32.1. The molecule has 0 aliphatic carbocycles. The first-order valence-corrected chi connectivity index (χ1v) is 17.6. The van der Waals surface area contributed by atoms with Gasteiger partial charge in [0.1, 0.15) is 0 Å². The largest absolute Gasteiger partial charge is 0.244 e. The molecule has 0 amide bonds. The first kappa shape index (κ1) is 26.0. The second kappa shape index (κ2) is 8.13. The fourth-order valence-electron chi connectivity index (χ4n) is 10.9. The van der Waals surface area contributed by atoms with Crippen LogP contribution in [0.5, 0.6) is 0 Å². The van der Waals surface area contributed by atoms with Crippen LogP contribution in [0.3, 0.4) is 0 Å². The van der Waals surface area contributed by atoms with E-state index in [0.717, 1.165) is 0 Å². The highest BCUT2D eigenvalue weighted by Gasteiger charge is 2.44. The van der Waals surface area contributed by atoms with Crippen LogP contribution in [0.2, 0.25) is 0 Å². The van der Waals surface area contributed by atoms with Crippen LogP contribution >= 0.6 is 0 Å². The highest BCUT2D eigenvalue weighted by atomic mass is 14.3. The van der Waals surface area contributed by atoms with E-state index in [-0.39, 0.29) is 13.4 Å². The number of hydrogen-bond donors (Lipinski definition) is 0. The maximum absolute atomic E-state index is 2.62. The Kier molecular flexibility index (Phi) is 4.40. The minimum absolute atomic E-state index is 0.260. The van der Waals surface area contributed by atoms with Gasteiger partial charge in [0.15, 0.2) is 0 Å². The number of aryl methyl sites for hydroxylation is 6. The quantitative estimate of drug-likeness (QED) is 0.125. The van der Waals surface area contributed by atoms with Crippen LogP contribution < -0.4 is 32.8 Å². The summed E-state index contributed by atoms with van der Waals surface area (Å²) in [6, 6.07) is 34.5. The molecule has 0 saturated heterocycles. The zero-order valence-corrected chi connectivity index (χ0v) is 28.2. The van der Waals surface area contributed by atoms with Crippen molar-refractivity contribution in [1.82, 2.24) is 0 Å². The van der Waals surface area contributed by atoms with Gasteiger partial charge in [0.05, 0.1) is 0 Å². The van der Waals surface area contributed by atoms with Crippen LogP contribution in [-0.2, 0) is 0 Å². The summed E-state index contributed by atoms with van der Waals surface area (Å²) >= 11 is 0. The summed E-state index contributed by atoms with van der Waals surface area (Å²) in [6.45, 7) is 14.3. The molecule has 2 heteroatoms. The molecular formula is C46H32B2. The van der Waals surface area contributed by atoms with Crippen LogP contribution in [-0.4, -0.2) is 13.4 Å². The molecule has 222 valence electrons. The first-order valence-electron chi connectivity index (χ1n) is 17.6. The van der Waals surface area contributed by atoms with Gasteiger partial charge in [0.2, 0.25) is 13.4 Å². The molecule has 0 N–H and O–H groups in total. The van der Waals surface area contributed by atoms with Crippen LogP contribution in [0.4, 0.5) is 0 Å². The smallest absolute Gasteiger partial charge is 0.0661 e. The van der Waals surface area contributed by atoms with Crippen LogP contribution in [0.15, 0.2) is 84.9 Å². The average molecular weight is 606 g/mol. The van der Waals surface area contributed by atoms with Crippen molar-refractivity contribution in [2.75, 3.05) is 0 Å². The fourth-order valence-corrected chi connectivity index (χ4v) is 10.9. The van der Waals surface area contributed by atoms with E-state index in [4.69, 9.17) is 0 Å². The van der Waals surface area contributed by atoms with E-state index in [1.54, 1.807) is 0 Å². The normalized spacial score (nSPS) is 14.0. The maximum atomic E-state index is 2.62. The summed E-state index contributed by atoms with van der Waals surface area (Å²) in [5.74, 6) is 0. The summed E-state index contributed by atoms with van der Waals surface area (Å²) < 4.78 is 0. The standard InChI is InChI=1S/C46H32B2/c1-21-7-9-37-29(11-21)33-13-23(3)15-35-31-17-25(5)28-20-40-42-32(18-26(6)27-19-39(47(37)45(33)35)41(31)43(28)44(27)42)36-16-24(4)14-34-30-12-22(2)8-10-38(30)48(40)46(34)36/h7-20H,1-6H3. The molecule has 0 aromatic heterocycles. The minimum atomic E-state index is 0.260. The molecule has 4 aliphatic heterocycles. The van der Waals surface area contributed by atoms with Crippen LogP contribution in [0, 0.1) is 41.5 Å². The number of rotatable bonds is 0. The third kappa shape index (κ3) is 2.79. The Hall–Kier alpha value is -5.07. The van der Waals surface area contributed by atoms with Gasteiger partial charge in [-0.25, -0.2) is 0 Å². The Labute approximate surface area is 281 Å². The lowest BCUT2D eigenvalue weighted by Gasteiger charge is -2.32. The fraction of sp³-hybridized carbons (Fsp3) is 0.130. The Morgan fingerprint density at radius 1 is 0.312 bits per heavy atom. The second-order valence-electron chi connectivity index (χ2n) is 15.6. The van der Waals surface area contributed by atoms with E-state index in [1.165, 1.54) is 143 Å². The lowest BCUT2D eigenvalue weighted by molar-refractivity contribution is 1.46. The summed E-state index contributed by atoms with van der Waals surface area (Å²) in [5.41, 5.74) is 28.5. The van der Waals surface area contributed by atoms with Crippen LogP contribution in [0.25, 0.3) is 76.8 Å². The van der Waals surface area contributed by atoms with Gasteiger partial charge in [0, 0.05) is 0 Å². The maximum Gasteiger partial charge on any atom is 0.244 e. The highest BCUT2D eigenvalue weighted by Crippen LogP contribution is 2.48. The molecule has 0 radical (unpaired) electrons. The van der Waals surface area contributed by atoms with Gasteiger partial charge in [-0.1, -0.05) is 129 Å². The van der Waals surface area contributed by atoms with Gasteiger partial charge in [0.25, 0.3) is 0 Å². The molecule has 4 aliphatic rings. The van der Waals surface area contributed by atoms with Crippen molar-refractivity contribution in [3.8, 4) is 44.5 Å². The molecule has 48 heavy (non-hydrogen) atoms. The van der Waals surface area contributed by atoms with Gasteiger partial charge in [-0.05, 0) is 141 Å². The Balaban J connectivity index is 1.30. The second-order valence-corrected chi connectivity index (χ2v) is 15.6. The predicted molar refractivity (Wildman–Crippen MR) is 210 cm³/mol. The van der Waals surface area contributed by atoms with E-state index >= 15 is 0 Å². The van der Waals surface area contributed by atoms with Crippen molar-refractivity contribution in [3.05, 3.63) is 118 Å². The third-order valence-electron chi connectivity index (χ3n) is 12.6. The van der Waals surface area contributed by atoms with Crippen LogP contribution in [0.1, 0.15) is 33.4 Å². The summed E-state index contributed by atoms with van der Waals surface area (Å²) in [6.07, 6.45) is 0. The lowest BCUT2D eigenvalue weighted by atomic mass is 9.34. The molecule has 0 saturated carbocycles. The Morgan fingerprint density at radius 3 is 1.10 bits per heavy atom. The Morgan fingerprint density at radius 2 is 0.688 bits per heavy atom. The molecule has 0 unspecified atom stereocenters. The van der Waals surface area contributed by atoms with E-state index in [9.17, 15) is 0 Å². The molecule has 0 atom stereocenters. The molecular weight excluding hydrogens is 574 g/mol. The lowest BCUT2D eigenvalue weighted by Crippen LogP contribution is -2.53. The van der Waals surface area contributed by atoms with E-state index in [0.29, 0.717) is 0 Å². The molecule has 8 aromatic carbocycles. The van der Waals surface area contributed by atoms with E-state index < -0.39 is 0 Å². The van der Waals surface area contributed by atoms with Crippen molar-refractivity contribution in [2.45, 2.75) is 41.5 Å². The van der Waals surface area contributed by atoms with Crippen molar-refractivity contribution in [2.24, 2.45) is 0 Å². The monoisotopic (exact) mass is 606 g/mol. The van der Waals surface area contributed by atoms with E-state index in [1.807, 2.05) is 0 Å². The van der Waals surface area contributed by atoms with E-state index in [2.05, 4.69) is 126 Å². The molecule has 4 heterocycles. The molecule has 0 spiro atoms. The zero-order valence-electron chi connectivity index (χ0n) is 28.2. The molecule has 0 bridgehead atoms. The summed E-state index contributed by atoms with van der Waals surface area (Å²) in [5, 5.41) is 8.77. The summed E-state index contributed by atoms with van der Waals surface area (Å²) in [4.78, 5) is 0. The van der Waals surface area contributed by atoms with Gasteiger partial charge in [-0.3, -0.25) is 0 Å². The van der Waals surface area contributed by atoms with Crippen molar-refractivity contribution >= 4 is 78.5 Å². The molecule has 0 fully saturated rings. The number of hydrogen-bond acceptors (Lipinski definition) is 0. The average Bonchev–Trinajstić information content (AvgIpc) is 3.55. The van der Waals surface area contributed by atoms with Gasteiger partial charge >= 0.3 is 0 Å². The Bertz CT molecular complexity index is 2710. The first-order chi connectivity index (χ1) is 23.3. The molecule has 0 nitrogen and oxygen atoms in total. The topological polar surface area (TPSA) is 0 Å². The number of fused-ring (bicyclic) bond motifs is 10. The van der Waals surface area contributed by atoms with Gasteiger partial charge in [-0.2, -0.15) is 0 Å².